The first kappa shape index (κ1) is 9.93. The number of aromatic nitrogens is 2. The van der Waals surface area contributed by atoms with E-state index in [1.807, 2.05) is 13.2 Å². The number of fused-ring (bicyclic) bond motifs is 1. The van der Waals surface area contributed by atoms with Gasteiger partial charge >= 0.3 is 0 Å². The zero-order valence-corrected chi connectivity index (χ0v) is 8.83. The third-order valence-corrected chi connectivity index (χ3v) is 2.34. The van der Waals surface area contributed by atoms with Gasteiger partial charge in [-0.2, -0.15) is 5.10 Å². The second-order valence-electron chi connectivity index (χ2n) is 3.51. The maximum atomic E-state index is 3.99. The van der Waals surface area contributed by atoms with Gasteiger partial charge in [0.1, 0.15) is 0 Å². The van der Waals surface area contributed by atoms with Gasteiger partial charge in [-0.05, 0) is 37.7 Å². The van der Waals surface area contributed by atoms with Crippen LogP contribution in [0.2, 0.25) is 0 Å². The zero-order chi connectivity index (χ0) is 10.5. The molecule has 0 bridgehead atoms. The normalized spacial score (nSPS) is 11.5. The molecule has 1 aromatic carbocycles. The molecule has 0 amide bonds. The zero-order valence-electron chi connectivity index (χ0n) is 8.83. The lowest BCUT2D eigenvalue weighted by atomic mass is 10.1. The highest BCUT2D eigenvalue weighted by Gasteiger charge is 1.94. The van der Waals surface area contributed by atoms with Gasteiger partial charge in [-0.15, -0.1) is 0 Å². The predicted molar refractivity (Wildman–Crippen MR) is 63.7 cm³/mol. The van der Waals surface area contributed by atoms with Crippen LogP contribution in [0.15, 0.2) is 30.5 Å². The average molecular weight is 201 g/mol. The Kier molecular flexibility index (Phi) is 3.15. The lowest BCUT2D eigenvalue weighted by molar-refractivity contribution is 0.809. The van der Waals surface area contributed by atoms with Gasteiger partial charge in [0, 0.05) is 5.39 Å². The molecule has 3 nitrogen and oxygen atoms in total. The Morgan fingerprint density at radius 2 is 2.40 bits per heavy atom. The Balaban J connectivity index is 2.10. The summed E-state index contributed by atoms with van der Waals surface area (Å²) < 4.78 is 0. The average Bonchev–Trinajstić information content (AvgIpc) is 2.71. The van der Waals surface area contributed by atoms with Crippen LogP contribution < -0.4 is 5.32 Å². The van der Waals surface area contributed by atoms with Gasteiger partial charge in [-0.1, -0.05) is 18.2 Å². The van der Waals surface area contributed by atoms with Crippen molar-refractivity contribution in [3.05, 3.63) is 36.0 Å². The smallest absolute Gasteiger partial charge is 0.0650 e. The number of benzene rings is 1. The van der Waals surface area contributed by atoms with Crippen molar-refractivity contribution >= 4 is 17.0 Å². The summed E-state index contributed by atoms with van der Waals surface area (Å²) in [6, 6.07) is 6.28. The van der Waals surface area contributed by atoms with E-state index in [-0.39, 0.29) is 0 Å². The first-order valence-electron chi connectivity index (χ1n) is 5.14. The van der Waals surface area contributed by atoms with Crippen LogP contribution in [0, 0.1) is 0 Å². The van der Waals surface area contributed by atoms with Gasteiger partial charge in [-0.25, -0.2) is 0 Å². The third-order valence-electron chi connectivity index (χ3n) is 2.34. The number of hydrogen-bond donors (Lipinski definition) is 2. The van der Waals surface area contributed by atoms with Crippen molar-refractivity contribution in [2.75, 3.05) is 13.6 Å². The second-order valence-corrected chi connectivity index (χ2v) is 3.51. The van der Waals surface area contributed by atoms with Gasteiger partial charge in [0.25, 0.3) is 0 Å². The monoisotopic (exact) mass is 201 g/mol. The molecule has 2 rings (SSSR count). The number of aromatic amines is 1. The number of rotatable bonds is 4. The molecule has 3 heteroatoms. The molecular formula is C12H15N3. The molecule has 0 unspecified atom stereocenters. The standard InChI is InChI=1S/C12H15N3/c1-13-7-3-2-4-10-5-6-12-11(8-10)9-14-15-12/h2,4-6,8-9,13H,3,7H2,1H3,(H,14,15). The molecule has 0 radical (unpaired) electrons. The van der Waals surface area contributed by atoms with Gasteiger partial charge in [-0.3, -0.25) is 5.10 Å². The SMILES string of the molecule is CNCCC=Cc1ccc2[nH]ncc2c1. The summed E-state index contributed by atoms with van der Waals surface area (Å²) in [5.74, 6) is 0. The summed E-state index contributed by atoms with van der Waals surface area (Å²) in [4.78, 5) is 0. The molecule has 2 N–H and O–H groups in total. The van der Waals surface area contributed by atoms with Crippen molar-refractivity contribution in [1.82, 2.24) is 15.5 Å². The Hall–Kier alpha value is -1.61. The molecule has 0 spiro atoms. The van der Waals surface area contributed by atoms with Crippen LogP contribution in [0.4, 0.5) is 0 Å². The Morgan fingerprint density at radius 1 is 1.47 bits per heavy atom. The molecule has 1 heterocycles. The summed E-state index contributed by atoms with van der Waals surface area (Å²) in [6.07, 6.45) is 7.22. The van der Waals surface area contributed by atoms with Crippen LogP contribution in [0.1, 0.15) is 12.0 Å². The largest absolute Gasteiger partial charge is 0.319 e. The van der Waals surface area contributed by atoms with Gasteiger partial charge in [0.2, 0.25) is 0 Å². The maximum absolute atomic E-state index is 3.99. The van der Waals surface area contributed by atoms with Crippen LogP contribution in [-0.2, 0) is 0 Å². The van der Waals surface area contributed by atoms with Gasteiger partial charge in [0.05, 0.1) is 11.7 Å². The molecule has 15 heavy (non-hydrogen) atoms. The molecule has 0 saturated carbocycles. The predicted octanol–water partition coefficient (Wildman–Crippen LogP) is 2.19. The summed E-state index contributed by atoms with van der Waals surface area (Å²) in [5, 5.41) is 11.2. The molecule has 0 atom stereocenters. The van der Waals surface area contributed by atoms with E-state index < -0.39 is 0 Å². The van der Waals surface area contributed by atoms with Crippen LogP contribution in [0.3, 0.4) is 0 Å². The highest BCUT2D eigenvalue weighted by Crippen LogP contribution is 2.13. The third kappa shape index (κ3) is 2.44. The molecule has 2 aromatic rings. The first-order valence-corrected chi connectivity index (χ1v) is 5.14. The Bertz CT molecular complexity index is 457. The maximum Gasteiger partial charge on any atom is 0.0650 e. The number of nitrogens with zero attached hydrogens (tertiary/aromatic N) is 1. The van der Waals surface area contributed by atoms with Crippen LogP contribution >= 0.6 is 0 Å². The van der Waals surface area contributed by atoms with Crippen molar-refractivity contribution in [2.45, 2.75) is 6.42 Å². The summed E-state index contributed by atoms with van der Waals surface area (Å²) in [7, 11) is 1.96. The Labute approximate surface area is 89.2 Å². The van der Waals surface area contributed by atoms with E-state index >= 15 is 0 Å². The van der Waals surface area contributed by atoms with Gasteiger partial charge in [0.15, 0.2) is 0 Å². The first-order chi connectivity index (χ1) is 7.40. The van der Waals surface area contributed by atoms with Crippen LogP contribution in [0.25, 0.3) is 17.0 Å². The van der Waals surface area contributed by atoms with Crippen molar-refractivity contribution in [1.29, 1.82) is 0 Å². The fraction of sp³-hybridized carbons (Fsp3) is 0.250. The van der Waals surface area contributed by atoms with E-state index in [1.165, 1.54) is 5.56 Å². The van der Waals surface area contributed by atoms with Crippen molar-refractivity contribution in [2.24, 2.45) is 0 Å². The van der Waals surface area contributed by atoms with E-state index in [0.29, 0.717) is 0 Å². The highest BCUT2D eigenvalue weighted by molar-refractivity contribution is 5.80. The van der Waals surface area contributed by atoms with E-state index in [4.69, 9.17) is 0 Å². The summed E-state index contributed by atoms with van der Waals surface area (Å²) in [6.45, 7) is 1.02. The number of H-pyrrole nitrogens is 1. The lowest BCUT2D eigenvalue weighted by Gasteiger charge is -1.94. The van der Waals surface area contributed by atoms with Crippen LogP contribution in [-0.4, -0.2) is 23.8 Å². The minimum Gasteiger partial charge on any atom is -0.319 e. The molecule has 0 saturated heterocycles. The fourth-order valence-corrected chi connectivity index (χ4v) is 1.51. The summed E-state index contributed by atoms with van der Waals surface area (Å²) >= 11 is 0. The minimum atomic E-state index is 1.02. The molecule has 0 fully saturated rings. The number of hydrogen-bond acceptors (Lipinski definition) is 2. The molecule has 1 aromatic heterocycles. The molecule has 0 aliphatic heterocycles. The van der Waals surface area contributed by atoms with E-state index in [0.717, 1.165) is 23.9 Å². The lowest BCUT2D eigenvalue weighted by Crippen LogP contribution is -2.05. The topological polar surface area (TPSA) is 40.7 Å². The Morgan fingerprint density at radius 3 is 3.27 bits per heavy atom. The van der Waals surface area contributed by atoms with Crippen molar-refractivity contribution < 1.29 is 0 Å². The van der Waals surface area contributed by atoms with Crippen molar-refractivity contribution in [3.63, 3.8) is 0 Å². The molecule has 78 valence electrons. The van der Waals surface area contributed by atoms with E-state index in [2.05, 4.69) is 45.9 Å². The van der Waals surface area contributed by atoms with Crippen LogP contribution in [0.5, 0.6) is 0 Å². The fourth-order valence-electron chi connectivity index (χ4n) is 1.51. The minimum absolute atomic E-state index is 1.02. The van der Waals surface area contributed by atoms with Gasteiger partial charge < -0.3 is 5.32 Å². The van der Waals surface area contributed by atoms with Crippen molar-refractivity contribution in [3.8, 4) is 0 Å². The molecule has 0 aliphatic carbocycles. The highest BCUT2D eigenvalue weighted by atomic mass is 15.1. The van der Waals surface area contributed by atoms with E-state index in [9.17, 15) is 0 Å². The quantitative estimate of drug-likeness (QED) is 0.744. The molecular weight excluding hydrogens is 186 g/mol. The number of nitrogens with one attached hydrogen (secondary N) is 2. The molecule has 0 aliphatic rings. The summed E-state index contributed by atoms with van der Waals surface area (Å²) in [5.41, 5.74) is 2.31. The van der Waals surface area contributed by atoms with E-state index in [1.54, 1.807) is 0 Å². The second kappa shape index (κ2) is 4.75.